The summed E-state index contributed by atoms with van der Waals surface area (Å²) >= 11 is 0. The molecular weight excluding hydrogens is 254 g/mol. The lowest BCUT2D eigenvalue weighted by Crippen LogP contribution is -2.33. The summed E-state index contributed by atoms with van der Waals surface area (Å²) in [6.45, 7) is 7.19. The van der Waals surface area contributed by atoms with E-state index in [0.717, 1.165) is 38.8 Å². The lowest BCUT2D eigenvalue weighted by Gasteiger charge is -2.17. The van der Waals surface area contributed by atoms with Crippen LogP contribution >= 0.6 is 0 Å². The van der Waals surface area contributed by atoms with Gasteiger partial charge in [-0.25, -0.2) is 0 Å². The molecule has 0 amide bonds. The molecule has 0 saturated heterocycles. The number of aliphatic hydroxyl groups is 2. The van der Waals surface area contributed by atoms with Crippen LogP contribution in [0.1, 0.15) is 58.8 Å². The van der Waals surface area contributed by atoms with Crippen LogP contribution in [0.3, 0.4) is 0 Å². The van der Waals surface area contributed by atoms with Crippen molar-refractivity contribution < 1.29 is 14.9 Å². The van der Waals surface area contributed by atoms with Crippen LogP contribution in [-0.4, -0.2) is 49.2 Å². The monoisotopic (exact) mass is 289 g/mol. The van der Waals surface area contributed by atoms with Gasteiger partial charge in [0.05, 0.1) is 12.7 Å². The highest BCUT2D eigenvalue weighted by atomic mass is 16.5. The van der Waals surface area contributed by atoms with Crippen molar-refractivity contribution in [3.63, 3.8) is 0 Å². The van der Waals surface area contributed by atoms with Crippen LogP contribution in [0.25, 0.3) is 0 Å². The van der Waals surface area contributed by atoms with Crippen molar-refractivity contribution in [2.45, 2.75) is 64.9 Å². The van der Waals surface area contributed by atoms with Gasteiger partial charge in [-0.1, -0.05) is 39.5 Å². The van der Waals surface area contributed by atoms with E-state index in [-0.39, 0.29) is 6.61 Å². The molecule has 0 bridgehead atoms. The van der Waals surface area contributed by atoms with Crippen molar-refractivity contribution in [2.75, 3.05) is 32.9 Å². The molecule has 0 aliphatic carbocycles. The summed E-state index contributed by atoms with van der Waals surface area (Å²) in [7, 11) is 0. The fraction of sp³-hybridized carbons (Fsp3) is 1.00. The van der Waals surface area contributed by atoms with Crippen LogP contribution in [0.5, 0.6) is 0 Å². The van der Waals surface area contributed by atoms with Gasteiger partial charge in [0.15, 0.2) is 0 Å². The first-order valence-electron chi connectivity index (χ1n) is 8.31. The number of nitrogens with one attached hydrogen (secondary N) is 1. The van der Waals surface area contributed by atoms with E-state index in [2.05, 4.69) is 19.2 Å². The molecule has 0 fully saturated rings. The number of hydrogen-bond acceptors (Lipinski definition) is 4. The predicted octanol–water partition coefficient (Wildman–Crippen LogP) is 2.33. The second-order valence-corrected chi connectivity index (χ2v) is 5.61. The molecule has 0 aliphatic rings. The fourth-order valence-electron chi connectivity index (χ4n) is 2.30. The van der Waals surface area contributed by atoms with E-state index < -0.39 is 6.10 Å². The smallest absolute Gasteiger partial charge is 0.0897 e. The van der Waals surface area contributed by atoms with Gasteiger partial charge < -0.3 is 20.3 Å². The third kappa shape index (κ3) is 12.9. The minimum atomic E-state index is -0.433. The Morgan fingerprint density at radius 1 is 1.00 bits per heavy atom. The summed E-state index contributed by atoms with van der Waals surface area (Å²) in [5.41, 5.74) is 0. The molecular formula is C16H35NO3. The molecule has 0 aliphatic heterocycles. The van der Waals surface area contributed by atoms with Gasteiger partial charge in [0.1, 0.15) is 0 Å². The van der Waals surface area contributed by atoms with Gasteiger partial charge in [-0.05, 0) is 31.7 Å². The summed E-state index contributed by atoms with van der Waals surface area (Å²) < 4.78 is 5.46. The molecule has 4 heteroatoms. The first-order valence-corrected chi connectivity index (χ1v) is 8.31. The molecule has 20 heavy (non-hydrogen) atoms. The maximum Gasteiger partial charge on any atom is 0.0897 e. The summed E-state index contributed by atoms with van der Waals surface area (Å²) in [5, 5.41) is 22.0. The number of aliphatic hydroxyl groups excluding tert-OH is 2. The van der Waals surface area contributed by atoms with Crippen molar-refractivity contribution in [2.24, 2.45) is 5.92 Å². The Bertz CT molecular complexity index is 185. The van der Waals surface area contributed by atoms with Gasteiger partial charge in [-0.3, -0.25) is 0 Å². The Morgan fingerprint density at radius 2 is 1.80 bits per heavy atom. The molecule has 0 saturated carbocycles. The van der Waals surface area contributed by atoms with E-state index in [1.165, 1.54) is 19.3 Å². The minimum absolute atomic E-state index is 0.246. The highest BCUT2D eigenvalue weighted by molar-refractivity contribution is 4.65. The van der Waals surface area contributed by atoms with Crippen LogP contribution in [0, 0.1) is 5.92 Å². The van der Waals surface area contributed by atoms with Crippen LogP contribution in [0.2, 0.25) is 0 Å². The van der Waals surface area contributed by atoms with E-state index in [1.54, 1.807) is 0 Å². The van der Waals surface area contributed by atoms with Crippen LogP contribution in [0.15, 0.2) is 0 Å². The van der Waals surface area contributed by atoms with E-state index in [9.17, 15) is 5.11 Å². The molecule has 0 rings (SSSR count). The zero-order chi connectivity index (χ0) is 15.1. The molecule has 0 aromatic rings. The standard InChI is InChI=1S/C16H35NO3/c1-3-5-6-7-11-20-14-16(19)13-17-12-15(8-4-2)9-10-18/h15-19H,3-14H2,1-2H3. The molecule has 0 spiro atoms. The zero-order valence-electron chi connectivity index (χ0n) is 13.4. The van der Waals surface area contributed by atoms with Gasteiger partial charge in [-0.2, -0.15) is 0 Å². The molecule has 2 atom stereocenters. The number of ether oxygens (including phenoxy) is 1. The Morgan fingerprint density at radius 3 is 2.45 bits per heavy atom. The van der Waals surface area contributed by atoms with Gasteiger partial charge >= 0.3 is 0 Å². The molecule has 4 nitrogen and oxygen atoms in total. The minimum Gasteiger partial charge on any atom is -0.396 e. The first kappa shape index (κ1) is 19.8. The lowest BCUT2D eigenvalue weighted by atomic mass is 10.0. The summed E-state index contributed by atoms with van der Waals surface area (Å²) in [4.78, 5) is 0. The van der Waals surface area contributed by atoms with Gasteiger partial charge in [0, 0.05) is 19.8 Å². The van der Waals surface area contributed by atoms with Crippen LogP contribution in [-0.2, 0) is 4.74 Å². The second-order valence-electron chi connectivity index (χ2n) is 5.61. The number of rotatable bonds is 15. The second kappa shape index (κ2) is 15.2. The predicted molar refractivity (Wildman–Crippen MR) is 83.9 cm³/mol. The lowest BCUT2D eigenvalue weighted by molar-refractivity contribution is 0.0349. The third-order valence-corrected chi connectivity index (χ3v) is 3.50. The number of unbranched alkanes of at least 4 members (excludes halogenated alkanes) is 3. The SMILES string of the molecule is CCCCCCOCC(O)CNCC(CCC)CCO. The van der Waals surface area contributed by atoms with E-state index >= 15 is 0 Å². The average Bonchev–Trinajstić information content (AvgIpc) is 2.43. The molecule has 0 heterocycles. The van der Waals surface area contributed by atoms with E-state index in [0.29, 0.717) is 19.1 Å². The fourth-order valence-corrected chi connectivity index (χ4v) is 2.30. The molecule has 0 aromatic heterocycles. The molecule has 2 unspecified atom stereocenters. The molecule has 0 aromatic carbocycles. The van der Waals surface area contributed by atoms with Crippen LogP contribution in [0.4, 0.5) is 0 Å². The topological polar surface area (TPSA) is 61.7 Å². The first-order chi connectivity index (χ1) is 9.74. The van der Waals surface area contributed by atoms with E-state index in [1.807, 2.05) is 0 Å². The average molecular weight is 289 g/mol. The Hall–Kier alpha value is -0.160. The normalized spacial score (nSPS) is 14.4. The van der Waals surface area contributed by atoms with Crippen molar-refractivity contribution in [1.29, 1.82) is 0 Å². The highest BCUT2D eigenvalue weighted by Crippen LogP contribution is 2.09. The maximum atomic E-state index is 9.79. The van der Waals surface area contributed by atoms with Gasteiger partial charge in [0.2, 0.25) is 0 Å². The zero-order valence-corrected chi connectivity index (χ0v) is 13.4. The Kier molecular flexibility index (Phi) is 15.1. The quantitative estimate of drug-likeness (QED) is 0.405. The number of hydrogen-bond donors (Lipinski definition) is 3. The Labute approximate surface area is 124 Å². The summed E-state index contributed by atoms with van der Waals surface area (Å²) in [6, 6.07) is 0. The molecule has 3 N–H and O–H groups in total. The largest absolute Gasteiger partial charge is 0.396 e. The van der Waals surface area contributed by atoms with Crippen LogP contribution < -0.4 is 5.32 Å². The van der Waals surface area contributed by atoms with Crippen molar-refractivity contribution in [3.8, 4) is 0 Å². The van der Waals surface area contributed by atoms with Crippen molar-refractivity contribution >= 4 is 0 Å². The van der Waals surface area contributed by atoms with Gasteiger partial charge in [-0.15, -0.1) is 0 Å². The van der Waals surface area contributed by atoms with Crippen molar-refractivity contribution in [1.82, 2.24) is 5.32 Å². The Balaban J connectivity index is 3.44. The molecule has 122 valence electrons. The summed E-state index contributed by atoms with van der Waals surface area (Å²) in [5.74, 6) is 0.507. The molecule has 0 radical (unpaired) electrons. The van der Waals surface area contributed by atoms with Gasteiger partial charge in [0.25, 0.3) is 0 Å². The maximum absolute atomic E-state index is 9.79. The highest BCUT2D eigenvalue weighted by Gasteiger charge is 2.09. The third-order valence-electron chi connectivity index (χ3n) is 3.50. The summed E-state index contributed by atoms with van der Waals surface area (Å²) in [6.07, 6.45) is 7.46. The van der Waals surface area contributed by atoms with Crippen molar-refractivity contribution in [3.05, 3.63) is 0 Å². The van der Waals surface area contributed by atoms with E-state index in [4.69, 9.17) is 9.84 Å².